The average molecular weight is 204 g/mol. The van der Waals surface area contributed by atoms with Gasteiger partial charge in [-0.2, -0.15) is 8.78 Å². The number of nitrogens with zero attached hydrogens (tertiary/aromatic N) is 2. The molecular weight excluding hydrogens is 190 g/mol. The summed E-state index contributed by atoms with van der Waals surface area (Å²) in [5.74, 6) is 0.260. The van der Waals surface area contributed by atoms with Crippen molar-refractivity contribution in [2.45, 2.75) is 27.3 Å². The van der Waals surface area contributed by atoms with Gasteiger partial charge in [-0.15, -0.1) is 0 Å². The molecule has 0 aliphatic heterocycles. The van der Waals surface area contributed by atoms with Crippen LogP contribution in [-0.4, -0.2) is 23.6 Å². The summed E-state index contributed by atoms with van der Waals surface area (Å²) in [6.45, 7) is 2.86. The van der Waals surface area contributed by atoms with E-state index in [-0.39, 0.29) is 17.2 Å². The Kier molecular flexibility index (Phi) is 5.67. The van der Waals surface area contributed by atoms with Crippen LogP contribution in [0.5, 0.6) is 0 Å². The highest BCUT2D eigenvalue weighted by Crippen LogP contribution is 2.01. The van der Waals surface area contributed by atoms with E-state index in [4.69, 9.17) is 0 Å². The Morgan fingerprint density at radius 3 is 2.36 bits per heavy atom. The second kappa shape index (κ2) is 6.23. The van der Waals surface area contributed by atoms with Crippen molar-refractivity contribution in [3.63, 3.8) is 0 Å². The molecule has 0 heterocycles. The van der Waals surface area contributed by atoms with Crippen molar-refractivity contribution in [1.29, 1.82) is 0 Å². The highest BCUT2D eigenvalue weighted by atomic mass is 19.3. The maximum atomic E-state index is 12.0. The van der Waals surface area contributed by atoms with Gasteiger partial charge < -0.3 is 0 Å². The smallest absolute Gasteiger partial charge is 0.278 e. The molecule has 0 N–H and O–H groups in total. The van der Waals surface area contributed by atoms with Gasteiger partial charge in [0.1, 0.15) is 0 Å². The van der Waals surface area contributed by atoms with E-state index in [1.165, 1.54) is 6.20 Å². The quantitative estimate of drug-likeness (QED) is 0.384. The lowest BCUT2D eigenvalue weighted by molar-refractivity contribution is -0.125. The summed E-state index contributed by atoms with van der Waals surface area (Å²) in [6.07, 6.45) is 2.20. The van der Waals surface area contributed by atoms with Gasteiger partial charge in [-0.1, -0.05) is 13.8 Å². The first-order valence-corrected chi connectivity index (χ1v) is 4.21. The summed E-state index contributed by atoms with van der Waals surface area (Å²) in [6, 6.07) is 0. The van der Waals surface area contributed by atoms with Gasteiger partial charge in [-0.25, -0.2) is 0 Å². The van der Waals surface area contributed by atoms with Crippen molar-refractivity contribution in [3.05, 3.63) is 12.4 Å². The summed E-state index contributed by atoms with van der Waals surface area (Å²) in [4.78, 5) is 14.2. The highest BCUT2D eigenvalue weighted by Gasteiger charge is 2.08. The molecule has 3 nitrogen and oxygen atoms in total. The Morgan fingerprint density at radius 2 is 2.00 bits per heavy atom. The summed E-state index contributed by atoms with van der Waals surface area (Å²) in [5, 5.41) is 0. The lowest BCUT2D eigenvalue weighted by Gasteiger charge is -2.08. The van der Waals surface area contributed by atoms with Gasteiger partial charge in [0.25, 0.3) is 0 Å². The van der Waals surface area contributed by atoms with E-state index in [0.29, 0.717) is 0 Å². The minimum absolute atomic E-state index is 0.0569. The van der Waals surface area contributed by atoms with Crippen LogP contribution in [0, 0.1) is 5.92 Å². The van der Waals surface area contributed by atoms with Crippen LogP contribution in [0.1, 0.15) is 20.8 Å². The van der Waals surface area contributed by atoms with Crippen LogP contribution in [0.4, 0.5) is 8.78 Å². The topological polar surface area (TPSA) is 32.7 Å². The van der Waals surface area contributed by atoms with Crippen LogP contribution in [0.15, 0.2) is 17.4 Å². The number of alkyl halides is 2. The predicted molar refractivity (Wildman–Crippen MR) is 51.0 cm³/mol. The van der Waals surface area contributed by atoms with Gasteiger partial charge >= 0.3 is 6.55 Å². The van der Waals surface area contributed by atoms with Gasteiger partial charge in [0.2, 0.25) is 6.41 Å². The molecule has 0 aromatic carbocycles. The maximum absolute atomic E-state index is 12.0. The summed E-state index contributed by atoms with van der Waals surface area (Å²) in [5.41, 5.74) is 0.821. The zero-order valence-electron chi connectivity index (χ0n) is 8.45. The van der Waals surface area contributed by atoms with Gasteiger partial charge in [-0.05, 0) is 12.8 Å². The van der Waals surface area contributed by atoms with Gasteiger partial charge in [-0.3, -0.25) is 14.7 Å². The first-order chi connectivity index (χ1) is 6.49. The molecule has 1 amide bonds. The number of hydrogen-bond acceptors (Lipinski definition) is 2. The largest absolute Gasteiger partial charge is 0.320 e. The first-order valence-electron chi connectivity index (χ1n) is 4.21. The monoisotopic (exact) mass is 204 g/mol. The van der Waals surface area contributed by atoms with Crippen LogP contribution in [0.25, 0.3) is 0 Å². The summed E-state index contributed by atoms with van der Waals surface area (Å²) >= 11 is 0. The zero-order chi connectivity index (χ0) is 11.1. The van der Waals surface area contributed by atoms with E-state index in [0.717, 1.165) is 11.9 Å². The molecule has 0 radical (unpaired) electrons. The van der Waals surface area contributed by atoms with Gasteiger partial charge in [0.05, 0.1) is 0 Å². The number of hydrogen-bond donors (Lipinski definition) is 0. The molecular formula is C9H14F2N2O. The lowest BCUT2D eigenvalue weighted by Crippen LogP contribution is -2.20. The summed E-state index contributed by atoms with van der Waals surface area (Å²) in [7, 11) is 0. The molecule has 0 saturated heterocycles. The van der Waals surface area contributed by atoms with Crippen molar-refractivity contribution in [1.82, 2.24) is 4.90 Å². The maximum Gasteiger partial charge on any atom is 0.320 e. The van der Waals surface area contributed by atoms with Crippen molar-refractivity contribution in [3.8, 4) is 0 Å². The number of carbonyl (C=O) groups excluding carboxylic acids is 1. The van der Waals surface area contributed by atoms with E-state index < -0.39 is 6.55 Å². The Bertz CT molecular complexity index is 237. The normalized spacial score (nSPS) is 12.9. The zero-order valence-corrected chi connectivity index (χ0v) is 8.45. The molecule has 0 aliphatic carbocycles. The SMILES string of the molecule is CC(=N/C=C\N(C=O)C(F)F)C(C)C. The van der Waals surface area contributed by atoms with Crippen LogP contribution < -0.4 is 0 Å². The lowest BCUT2D eigenvalue weighted by atomic mass is 10.1. The minimum atomic E-state index is -2.82. The van der Waals surface area contributed by atoms with Crippen molar-refractivity contribution < 1.29 is 13.6 Å². The fourth-order valence-electron chi connectivity index (χ4n) is 0.523. The third-order valence-corrected chi connectivity index (χ3v) is 1.70. The summed E-state index contributed by atoms with van der Waals surface area (Å²) < 4.78 is 24.0. The molecule has 5 heteroatoms. The van der Waals surface area contributed by atoms with E-state index in [2.05, 4.69) is 4.99 Å². The molecule has 0 unspecified atom stereocenters. The number of amides is 1. The molecule has 0 bridgehead atoms. The highest BCUT2D eigenvalue weighted by molar-refractivity contribution is 5.84. The molecule has 0 aromatic rings. The fourth-order valence-corrected chi connectivity index (χ4v) is 0.523. The number of halogens is 2. The standard InChI is InChI=1S/C9H14F2N2O/c1-7(2)8(3)12-4-5-13(6-14)9(10)11/h4-7,9H,1-3H3/b5-4-,12-8?. The van der Waals surface area contributed by atoms with Crippen LogP contribution in [0.3, 0.4) is 0 Å². The van der Waals surface area contributed by atoms with Crippen LogP contribution in [-0.2, 0) is 4.79 Å². The third kappa shape index (κ3) is 4.69. The molecule has 0 atom stereocenters. The molecule has 0 rings (SSSR count). The second-order valence-electron chi connectivity index (χ2n) is 3.05. The number of aliphatic imine (C=N–C) groups is 1. The number of rotatable bonds is 5. The fraction of sp³-hybridized carbons (Fsp3) is 0.556. The van der Waals surface area contributed by atoms with Gasteiger partial charge in [0, 0.05) is 18.1 Å². The second-order valence-corrected chi connectivity index (χ2v) is 3.05. The van der Waals surface area contributed by atoms with Crippen molar-refractivity contribution in [2.24, 2.45) is 10.9 Å². The van der Waals surface area contributed by atoms with Crippen LogP contribution >= 0.6 is 0 Å². The molecule has 14 heavy (non-hydrogen) atoms. The van der Waals surface area contributed by atoms with Gasteiger partial charge in [0.15, 0.2) is 0 Å². The molecule has 0 spiro atoms. The first kappa shape index (κ1) is 12.7. The van der Waals surface area contributed by atoms with E-state index >= 15 is 0 Å². The van der Waals surface area contributed by atoms with Crippen molar-refractivity contribution >= 4 is 12.1 Å². The predicted octanol–water partition coefficient (Wildman–Crippen LogP) is 2.26. The van der Waals surface area contributed by atoms with E-state index in [1.807, 2.05) is 13.8 Å². The number of carbonyl (C=O) groups is 1. The Labute approximate surface area is 82.1 Å². The molecule has 80 valence electrons. The Morgan fingerprint density at radius 1 is 1.43 bits per heavy atom. The minimum Gasteiger partial charge on any atom is -0.278 e. The molecule has 0 aromatic heterocycles. The Balaban J connectivity index is 4.29. The van der Waals surface area contributed by atoms with E-state index in [9.17, 15) is 13.6 Å². The molecule has 0 saturated carbocycles. The van der Waals surface area contributed by atoms with E-state index in [1.54, 1.807) is 6.92 Å². The molecule has 0 fully saturated rings. The average Bonchev–Trinajstić information content (AvgIpc) is 2.11. The Hall–Kier alpha value is -1.26. The molecule has 0 aliphatic rings. The van der Waals surface area contributed by atoms with Crippen LogP contribution in [0.2, 0.25) is 0 Å². The third-order valence-electron chi connectivity index (χ3n) is 1.70. The van der Waals surface area contributed by atoms with Crippen molar-refractivity contribution in [2.75, 3.05) is 0 Å².